The average molecular weight is 331 g/mol. The van der Waals surface area contributed by atoms with Gasteiger partial charge < -0.3 is 5.84 Å². The quantitative estimate of drug-likeness (QED) is 0.582. The minimum absolute atomic E-state index is 0.658. The molecule has 22 heavy (non-hydrogen) atoms. The maximum absolute atomic E-state index is 6.16. The molecule has 0 unspecified atom stereocenters. The van der Waals surface area contributed by atoms with Gasteiger partial charge in [-0.2, -0.15) is 0 Å². The standard InChI is InChI=1S/C16H15ClN4S/c1-11-5-4-7-12(9-11)15-19-20-16(21(15)18)22-10-13-6-2-3-8-14(13)17/h2-9H,10,18H2,1H3. The van der Waals surface area contributed by atoms with Gasteiger partial charge in [0.2, 0.25) is 5.16 Å². The highest BCUT2D eigenvalue weighted by Crippen LogP contribution is 2.27. The zero-order valence-electron chi connectivity index (χ0n) is 12.0. The van der Waals surface area contributed by atoms with Crippen molar-refractivity contribution >= 4 is 23.4 Å². The molecule has 3 rings (SSSR count). The molecule has 1 aromatic heterocycles. The number of nitrogen functional groups attached to an aromatic ring is 1. The van der Waals surface area contributed by atoms with Crippen LogP contribution in [0.2, 0.25) is 5.02 Å². The first kappa shape index (κ1) is 14.9. The fourth-order valence-electron chi connectivity index (χ4n) is 2.11. The molecular weight excluding hydrogens is 316 g/mol. The van der Waals surface area contributed by atoms with Gasteiger partial charge in [-0.15, -0.1) is 10.2 Å². The first-order valence-electron chi connectivity index (χ1n) is 6.79. The fraction of sp³-hybridized carbons (Fsp3) is 0.125. The molecule has 0 aliphatic carbocycles. The number of hydrogen-bond donors (Lipinski definition) is 1. The summed E-state index contributed by atoms with van der Waals surface area (Å²) >= 11 is 7.68. The molecular formula is C16H15ClN4S. The van der Waals surface area contributed by atoms with E-state index < -0.39 is 0 Å². The summed E-state index contributed by atoms with van der Waals surface area (Å²) in [5.41, 5.74) is 3.17. The van der Waals surface area contributed by atoms with Gasteiger partial charge in [0.25, 0.3) is 0 Å². The summed E-state index contributed by atoms with van der Waals surface area (Å²) in [6.07, 6.45) is 0. The van der Waals surface area contributed by atoms with Crippen LogP contribution in [0.25, 0.3) is 11.4 Å². The molecule has 112 valence electrons. The number of aryl methyl sites for hydroxylation is 1. The summed E-state index contributed by atoms with van der Waals surface area (Å²) in [5, 5.41) is 9.78. The van der Waals surface area contributed by atoms with Crippen LogP contribution in [0.3, 0.4) is 0 Å². The lowest BCUT2D eigenvalue weighted by molar-refractivity contribution is 0.849. The molecule has 3 aromatic rings. The number of thioether (sulfide) groups is 1. The topological polar surface area (TPSA) is 56.7 Å². The second-order valence-corrected chi connectivity index (χ2v) is 6.28. The van der Waals surface area contributed by atoms with Crippen molar-refractivity contribution in [2.75, 3.05) is 5.84 Å². The number of halogens is 1. The molecule has 0 bridgehead atoms. The summed E-state index contributed by atoms with van der Waals surface area (Å²) in [7, 11) is 0. The van der Waals surface area contributed by atoms with Crippen LogP contribution >= 0.6 is 23.4 Å². The lowest BCUT2D eigenvalue weighted by atomic mass is 10.1. The number of benzene rings is 2. The largest absolute Gasteiger partial charge is 0.335 e. The van der Waals surface area contributed by atoms with E-state index in [1.54, 1.807) is 0 Å². The lowest BCUT2D eigenvalue weighted by Gasteiger charge is -2.05. The Kier molecular flexibility index (Phi) is 4.36. The maximum Gasteiger partial charge on any atom is 0.210 e. The van der Waals surface area contributed by atoms with E-state index in [9.17, 15) is 0 Å². The first-order valence-corrected chi connectivity index (χ1v) is 8.15. The molecule has 0 aliphatic heterocycles. The van der Waals surface area contributed by atoms with Crippen molar-refractivity contribution in [1.29, 1.82) is 0 Å². The predicted octanol–water partition coefficient (Wildman–Crippen LogP) is 3.91. The summed E-state index contributed by atoms with van der Waals surface area (Å²) in [6.45, 7) is 2.04. The van der Waals surface area contributed by atoms with Crippen molar-refractivity contribution in [2.24, 2.45) is 0 Å². The molecule has 2 N–H and O–H groups in total. The van der Waals surface area contributed by atoms with E-state index in [1.807, 2.05) is 55.5 Å². The van der Waals surface area contributed by atoms with Crippen LogP contribution in [-0.4, -0.2) is 14.9 Å². The van der Waals surface area contributed by atoms with Gasteiger partial charge in [-0.1, -0.05) is 65.3 Å². The van der Waals surface area contributed by atoms with Gasteiger partial charge in [-0.05, 0) is 24.6 Å². The van der Waals surface area contributed by atoms with Gasteiger partial charge >= 0.3 is 0 Å². The van der Waals surface area contributed by atoms with Crippen LogP contribution in [0.5, 0.6) is 0 Å². The molecule has 1 heterocycles. The van der Waals surface area contributed by atoms with Crippen LogP contribution in [0.4, 0.5) is 0 Å². The van der Waals surface area contributed by atoms with Crippen molar-refractivity contribution in [1.82, 2.24) is 14.9 Å². The van der Waals surface area contributed by atoms with Gasteiger partial charge in [-0.3, -0.25) is 0 Å². The Hall–Kier alpha value is -1.98. The predicted molar refractivity (Wildman–Crippen MR) is 91.4 cm³/mol. The van der Waals surface area contributed by atoms with E-state index in [2.05, 4.69) is 10.2 Å². The molecule has 0 fully saturated rings. The Balaban J connectivity index is 1.81. The molecule has 0 saturated carbocycles. The van der Waals surface area contributed by atoms with Crippen molar-refractivity contribution in [3.63, 3.8) is 0 Å². The monoisotopic (exact) mass is 330 g/mol. The lowest BCUT2D eigenvalue weighted by Crippen LogP contribution is -2.11. The van der Waals surface area contributed by atoms with Crippen molar-refractivity contribution in [3.05, 3.63) is 64.7 Å². The number of aromatic nitrogens is 3. The second-order valence-electron chi connectivity index (χ2n) is 4.93. The number of nitrogens with two attached hydrogens (primary N) is 1. The molecule has 0 atom stereocenters. The molecule has 0 saturated heterocycles. The Morgan fingerprint density at radius 2 is 1.95 bits per heavy atom. The molecule has 2 aromatic carbocycles. The summed E-state index contributed by atoms with van der Waals surface area (Å²) in [5.74, 6) is 7.48. The van der Waals surface area contributed by atoms with Crippen molar-refractivity contribution < 1.29 is 0 Å². The number of rotatable bonds is 4. The molecule has 4 nitrogen and oxygen atoms in total. The molecule has 0 radical (unpaired) electrons. The van der Waals surface area contributed by atoms with Gasteiger partial charge in [0.1, 0.15) is 0 Å². The molecule has 0 aliphatic rings. The minimum atomic E-state index is 0.658. The van der Waals surface area contributed by atoms with Crippen LogP contribution in [0, 0.1) is 6.92 Å². The number of nitrogens with zero attached hydrogens (tertiary/aromatic N) is 3. The smallest absolute Gasteiger partial charge is 0.210 e. The summed E-state index contributed by atoms with van der Waals surface area (Å²) in [6, 6.07) is 15.8. The van der Waals surface area contributed by atoms with Gasteiger partial charge in [0.05, 0.1) is 0 Å². The van der Waals surface area contributed by atoms with Crippen LogP contribution in [-0.2, 0) is 5.75 Å². The molecule has 0 amide bonds. The highest BCUT2D eigenvalue weighted by Gasteiger charge is 2.12. The van der Waals surface area contributed by atoms with Crippen molar-refractivity contribution in [2.45, 2.75) is 17.8 Å². The summed E-state index contributed by atoms with van der Waals surface area (Å²) < 4.78 is 1.52. The van der Waals surface area contributed by atoms with E-state index in [0.717, 1.165) is 21.7 Å². The fourth-order valence-corrected chi connectivity index (χ4v) is 3.26. The zero-order chi connectivity index (χ0) is 15.5. The third kappa shape index (κ3) is 3.10. The zero-order valence-corrected chi connectivity index (χ0v) is 13.6. The Morgan fingerprint density at radius 3 is 2.73 bits per heavy atom. The van der Waals surface area contributed by atoms with Crippen LogP contribution in [0.15, 0.2) is 53.7 Å². The third-order valence-electron chi connectivity index (χ3n) is 3.26. The van der Waals surface area contributed by atoms with Gasteiger partial charge in [0.15, 0.2) is 5.82 Å². The Morgan fingerprint density at radius 1 is 1.14 bits per heavy atom. The second kappa shape index (κ2) is 6.42. The normalized spacial score (nSPS) is 10.8. The molecule has 6 heteroatoms. The van der Waals surface area contributed by atoms with E-state index in [4.69, 9.17) is 17.4 Å². The summed E-state index contributed by atoms with van der Waals surface area (Å²) in [4.78, 5) is 0. The van der Waals surface area contributed by atoms with Crippen molar-refractivity contribution in [3.8, 4) is 11.4 Å². The third-order valence-corrected chi connectivity index (χ3v) is 4.62. The van der Waals surface area contributed by atoms with Gasteiger partial charge in [-0.25, -0.2) is 4.68 Å². The van der Waals surface area contributed by atoms with Crippen LogP contribution in [0.1, 0.15) is 11.1 Å². The minimum Gasteiger partial charge on any atom is -0.335 e. The average Bonchev–Trinajstić information content (AvgIpc) is 2.87. The van der Waals surface area contributed by atoms with Gasteiger partial charge in [0, 0.05) is 16.3 Å². The first-order chi connectivity index (χ1) is 10.6. The number of hydrogen-bond acceptors (Lipinski definition) is 4. The van der Waals surface area contributed by atoms with Crippen LogP contribution < -0.4 is 5.84 Å². The Bertz CT molecular complexity index is 800. The SMILES string of the molecule is Cc1cccc(-c2nnc(SCc3ccccc3Cl)n2N)c1. The highest BCUT2D eigenvalue weighted by molar-refractivity contribution is 7.98. The highest BCUT2D eigenvalue weighted by atomic mass is 35.5. The van der Waals surface area contributed by atoms with E-state index in [0.29, 0.717) is 16.7 Å². The van der Waals surface area contributed by atoms with E-state index in [-0.39, 0.29) is 0 Å². The van der Waals surface area contributed by atoms with E-state index >= 15 is 0 Å². The Labute approximate surface area is 138 Å². The van der Waals surface area contributed by atoms with E-state index in [1.165, 1.54) is 16.4 Å². The maximum atomic E-state index is 6.16. The molecule has 0 spiro atoms.